The summed E-state index contributed by atoms with van der Waals surface area (Å²) in [7, 11) is 3.12. The Morgan fingerprint density at radius 3 is 2.44 bits per heavy atom. The van der Waals surface area contributed by atoms with Crippen LogP contribution in [0.5, 0.6) is 11.5 Å². The van der Waals surface area contributed by atoms with Gasteiger partial charge in [0.05, 0.1) is 47.6 Å². The van der Waals surface area contributed by atoms with Crippen molar-refractivity contribution in [3.63, 3.8) is 0 Å². The van der Waals surface area contributed by atoms with Gasteiger partial charge in [0, 0.05) is 35.4 Å². The van der Waals surface area contributed by atoms with Crippen molar-refractivity contribution >= 4 is 40.3 Å². The highest BCUT2D eigenvalue weighted by molar-refractivity contribution is 7.80. The number of nitrogens with one attached hydrogen (secondary N) is 1. The van der Waals surface area contributed by atoms with Crippen molar-refractivity contribution in [1.82, 2.24) is 14.9 Å². The lowest BCUT2D eigenvalue weighted by molar-refractivity contribution is -0.384. The summed E-state index contributed by atoms with van der Waals surface area (Å²) in [6.45, 7) is 3.94. The van der Waals surface area contributed by atoms with Crippen molar-refractivity contribution in [2.24, 2.45) is 0 Å². The second-order valence-corrected chi connectivity index (χ2v) is 9.88. The molecule has 0 radical (unpaired) electrons. The van der Waals surface area contributed by atoms with Crippen molar-refractivity contribution in [3.8, 4) is 17.2 Å². The van der Waals surface area contributed by atoms with E-state index in [0.29, 0.717) is 27.3 Å². The zero-order valence-electron chi connectivity index (χ0n) is 21.7. The molecule has 2 aromatic carbocycles. The minimum absolute atomic E-state index is 0.0237. The zero-order chi connectivity index (χ0) is 27.8. The first-order valence-corrected chi connectivity index (χ1v) is 12.9. The number of methoxy groups -OCH3 is 2. The van der Waals surface area contributed by atoms with Crippen molar-refractivity contribution in [2.75, 3.05) is 19.1 Å². The molecule has 1 fully saturated rings. The van der Waals surface area contributed by atoms with Gasteiger partial charge in [0.25, 0.3) is 5.69 Å². The summed E-state index contributed by atoms with van der Waals surface area (Å²) in [5, 5.41) is 16.0. The molecule has 9 nitrogen and oxygen atoms in total. The molecule has 0 spiro atoms. The van der Waals surface area contributed by atoms with Crippen LogP contribution in [-0.2, 0) is 0 Å². The summed E-state index contributed by atoms with van der Waals surface area (Å²) in [5.74, 6) is 1.08. The van der Waals surface area contributed by atoms with E-state index in [4.69, 9.17) is 33.3 Å². The van der Waals surface area contributed by atoms with Gasteiger partial charge in [0.15, 0.2) is 5.11 Å². The number of halogens is 1. The predicted octanol–water partition coefficient (Wildman–Crippen LogP) is 6.25. The number of nitro groups is 1. The zero-order valence-corrected chi connectivity index (χ0v) is 23.3. The van der Waals surface area contributed by atoms with Crippen LogP contribution in [0.25, 0.3) is 5.69 Å². The molecule has 1 saturated heterocycles. The van der Waals surface area contributed by atoms with E-state index in [2.05, 4.69) is 16.4 Å². The Morgan fingerprint density at radius 1 is 1.05 bits per heavy atom. The van der Waals surface area contributed by atoms with E-state index in [9.17, 15) is 10.1 Å². The van der Waals surface area contributed by atoms with E-state index in [1.54, 1.807) is 26.5 Å². The van der Waals surface area contributed by atoms with Crippen LogP contribution in [0.1, 0.15) is 34.7 Å². The summed E-state index contributed by atoms with van der Waals surface area (Å²) >= 11 is 12.4. The highest BCUT2D eigenvalue weighted by Gasteiger charge is 2.42. The Labute approximate surface area is 236 Å². The lowest BCUT2D eigenvalue weighted by atomic mass is 9.96. The third kappa shape index (κ3) is 4.66. The van der Waals surface area contributed by atoms with Crippen LogP contribution in [0.3, 0.4) is 0 Å². The van der Waals surface area contributed by atoms with Crippen LogP contribution >= 0.6 is 23.8 Å². The quantitative estimate of drug-likeness (QED) is 0.160. The maximum absolute atomic E-state index is 11.6. The summed E-state index contributed by atoms with van der Waals surface area (Å²) in [4.78, 5) is 17.8. The van der Waals surface area contributed by atoms with E-state index in [1.807, 2.05) is 59.7 Å². The fourth-order valence-corrected chi connectivity index (χ4v) is 5.78. The van der Waals surface area contributed by atoms with Crippen molar-refractivity contribution in [1.29, 1.82) is 0 Å². The molecule has 0 saturated carbocycles. The van der Waals surface area contributed by atoms with Crippen molar-refractivity contribution < 1.29 is 14.4 Å². The van der Waals surface area contributed by atoms with Gasteiger partial charge in [0.2, 0.25) is 0 Å². The monoisotopic (exact) mass is 563 g/mol. The van der Waals surface area contributed by atoms with Crippen molar-refractivity contribution in [2.45, 2.75) is 25.9 Å². The van der Waals surface area contributed by atoms with E-state index < -0.39 is 4.92 Å². The van der Waals surface area contributed by atoms with E-state index in [1.165, 1.54) is 12.1 Å². The molecule has 2 atom stereocenters. The highest BCUT2D eigenvalue weighted by atomic mass is 35.5. The van der Waals surface area contributed by atoms with Crippen LogP contribution in [0.4, 0.5) is 11.4 Å². The number of ether oxygens (including phenoxy) is 2. The van der Waals surface area contributed by atoms with Crippen LogP contribution in [-0.4, -0.2) is 33.8 Å². The first kappa shape index (κ1) is 26.5. The second-order valence-electron chi connectivity index (χ2n) is 9.09. The highest BCUT2D eigenvalue weighted by Crippen LogP contribution is 2.45. The Bertz CT molecular complexity index is 1580. The third-order valence-electron chi connectivity index (χ3n) is 6.91. The van der Waals surface area contributed by atoms with Gasteiger partial charge in [-0.05, 0) is 74.1 Å². The standard InChI is InChI=1S/C28H26ClN5O4S/c1-16-13-20(17(2)32(16)23-15-19(34(35)36)9-11-25(23)38-4)27-26(22-7-5-6-12-30-22)31-28(39)33(27)18-8-10-24(37-3)21(29)14-18/h5-15,26-27H,1-4H3,(H,31,39)/t26-,27+/m1/s1. The Kier molecular flexibility index (Phi) is 7.16. The predicted molar refractivity (Wildman–Crippen MR) is 154 cm³/mol. The molecule has 0 amide bonds. The fourth-order valence-electron chi connectivity index (χ4n) is 5.18. The number of hydrogen-bond acceptors (Lipinski definition) is 6. The van der Waals surface area contributed by atoms with Crippen LogP contribution in [0.2, 0.25) is 5.02 Å². The van der Waals surface area contributed by atoms with E-state index >= 15 is 0 Å². The number of nitro benzene ring substituents is 1. The minimum Gasteiger partial charge on any atom is -0.495 e. The maximum atomic E-state index is 11.6. The average molecular weight is 564 g/mol. The second kappa shape index (κ2) is 10.5. The summed E-state index contributed by atoms with van der Waals surface area (Å²) < 4.78 is 12.9. The molecule has 1 aliphatic rings. The molecule has 0 aliphatic carbocycles. The fraction of sp³-hybridized carbons (Fsp3) is 0.214. The number of rotatable bonds is 7. The molecule has 4 aromatic rings. The average Bonchev–Trinajstić information content (AvgIpc) is 3.43. The van der Waals surface area contributed by atoms with Gasteiger partial charge in [-0.1, -0.05) is 17.7 Å². The number of anilines is 1. The number of thiocarbonyl (C=S) groups is 1. The normalized spacial score (nSPS) is 16.7. The summed E-state index contributed by atoms with van der Waals surface area (Å²) in [6.07, 6.45) is 1.75. The first-order chi connectivity index (χ1) is 18.7. The molecule has 200 valence electrons. The lowest BCUT2D eigenvalue weighted by Crippen LogP contribution is -2.29. The van der Waals surface area contributed by atoms with E-state index in [-0.39, 0.29) is 17.8 Å². The first-order valence-electron chi connectivity index (χ1n) is 12.1. The molecule has 2 aromatic heterocycles. The number of aromatic nitrogens is 2. The number of pyridine rings is 1. The number of non-ortho nitro benzene ring substituents is 1. The van der Waals surface area contributed by atoms with Gasteiger partial charge < -0.3 is 24.3 Å². The molecule has 39 heavy (non-hydrogen) atoms. The maximum Gasteiger partial charge on any atom is 0.271 e. The van der Waals surface area contributed by atoms with Crippen LogP contribution in [0, 0.1) is 24.0 Å². The van der Waals surface area contributed by atoms with Gasteiger partial charge in [-0.2, -0.15) is 0 Å². The molecule has 3 heterocycles. The Balaban J connectivity index is 1.71. The smallest absolute Gasteiger partial charge is 0.271 e. The molecule has 1 aliphatic heterocycles. The SMILES string of the molecule is COc1ccc(N2C(=S)N[C@H](c3ccccn3)[C@@H]2c2cc(C)n(-c3cc([N+](=O)[O-])ccc3OC)c2C)cc1Cl. The molecule has 1 N–H and O–H groups in total. The van der Waals surface area contributed by atoms with Gasteiger partial charge in [-0.3, -0.25) is 15.1 Å². The Morgan fingerprint density at radius 2 is 1.79 bits per heavy atom. The largest absolute Gasteiger partial charge is 0.495 e. The molecular formula is C28H26ClN5O4S. The minimum atomic E-state index is -0.413. The van der Waals surface area contributed by atoms with Gasteiger partial charge in [0.1, 0.15) is 11.5 Å². The molecule has 0 bridgehead atoms. The molecule has 11 heteroatoms. The molecule has 5 rings (SSSR count). The molecular weight excluding hydrogens is 538 g/mol. The lowest BCUT2D eigenvalue weighted by Gasteiger charge is -2.28. The number of nitrogens with zero attached hydrogens (tertiary/aromatic N) is 4. The van der Waals surface area contributed by atoms with Gasteiger partial charge in [-0.15, -0.1) is 0 Å². The summed E-state index contributed by atoms with van der Waals surface area (Å²) in [5.41, 5.74) is 4.90. The number of benzene rings is 2. The number of aryl methyl sites for hydroxylation is 1. The third-order valence-corrected chi connectivity index (χ3v) is 7.52. The van der Waals surface area contributed by atoms with Gasteiger partial charge in [-0.25, -0.2) is 0 Å². The van der Waals surface area contributed by atoms with Gasteiger partial charge >= 0.3 is 0 Å². The Hall–Kier alpha value is -4.15. The van der Waals surface area contributed by atoms with Crippen molar-refractivity contribution in [3.05, 3.63) is 105 Å². The summed E-state index contributed by atoms with van der Waals surface area (Å²) in [6, 6.07) is 17.4. The number of hydrogen-bond donors (Lipinski definition) is 1. The van der Waals surface area contributed by atoms with Crippen LogP contribution < -0.4 is 19.7 Å². The topological polar surface area (TPSA) is 94.7 Å². The van der Waals surface area contributed by atoms with E-state index in [0.717, 1.165) is 28.3 Å². The molecule has 0 unspecified atom stereocenters. The van der Waals surface area contributed by atoms with Crippen LogP contribution in [0.15, 0.2) is 66.9 Å².